The molecule has 0 saturated carbocycles. The molecule has 0 atom stereocenters. The second kappa shape index (κ2) is 15.1. The summed E-state index contributed by atoms with van der Waals surface area (Å²) >= 11 is 0. The van der Waals surface area contributed by atoms with Crippen LogP contribution >= 0.6 is 0 Å². The van der Waals surface area contributed by atoms with Gasteiger partial charge >= 0.3 is 29.8 Å². The Morgan fingerprint density at radius 2 is 1.37 bits per heavy atom. The number of oxazole rings is 1. The van der Waals surface area contributed by atoms with E-state index >= 15 is 0 Å². The number of carbonyl (C=O) groups is 5. The van der Waals surface area contributed by atoms with E-state index in [0.29, 0.717) is 5.56 Å². The van der Waals surface area contributed by atoms with Crippen LogP contribution in [0.15, 0.2) is 50.5 Å². The summed E-state index contributed by atoms with van der Waals surface area (Å²) in [6.45, 7) is -1.64. The molecule has 0 amide bonds. The molecule has 5 N–H and O–H groups in total. The molecule has 0 radical (unpaired) electrons. The van der Waals surface area contributed by atoms with Crippen molar-refractivity contribution >= 4 is 57.9 Å². The van der Waals surface area contributed by atoms with Crippen LogP contribution in [0.4, 0.5) is 17.1 Å². The number of azide groups is 1. The molecule has 256 valence electrons. The van der Waals surface area contributed by atoms with Crippen LogP contribution in [0.25, 0.3) is 33.1 Å². The largest absolute Gasteiger partial charge is 0.488 e. The third-order valence-electron chi connectivity index (χ3n) is 6.50. The van der Waals surface area contributed by atoms with Gasteiger partial charge in [-0.3, -0.25) is 19.2 Å². The lowest BCUT2D eigenvalue weighted by atomic mass is 10.1. The van der Waals surface area contributed by atoms with Gasteiger partial charge < -0.3 is 53.6 Å². The molecule has 2 aromatic carbocycles. The normalized spacial score (nSPS) is 10.6. The van der Waals surface area contributed by atoms with E-state index in [9.17, 15) is 55.0 Å². The number of ether oxygens (including phenoxy) is 2. The van der Waals surface area contributed by atoms with Crippen LogP contribution in [0.1, 0.15) is 16.1 Å². The Hall–Kier alpha value is -6.95. The number of hydrogen-bond donors (Lipinski definition) is 5. The summed E-state index contributed by atoms with van der Waals surface area (Å²) in [6.07, 6.45) is 0.897. The first-order valence-electron chi connectivity index (χ1n) is 13.9. The third kappa shape index (κ3) is 8.65. The smallest absolute Gasteiger partial charge is 0.373 e. The van der Waals surface area contributed by atoms with Crippen LogP contribution in [0, 0.1) is 6.92 Å². The molecule has 0 aliphatic carbocycles. The minimum atomic E-state index is -1.44. The SMILES string of the molecule is Cc1ccc(N(CC(=O)O)CC(=O)O)c(OCCOc2cc3c(N=[N+]=[N-])c(-c4ncc(C(=O)O)o4)oc3cc2N(CC(=O)O)CC(=O)O)c1. The van der Waals surface area contributed by atoms with Crippen LogP contribution in [-0.2, 0) is 19.2 Å². The van der Waals surface area contributed by atoms with Crippen molar-refractivity contribution in [3.05, 3.63) is 58.3 Å². The van der Waals surface area contributed by atoms with Crippen LogP contribution in [0.5, 0.6) is 11.5 Å². The molecular formula is C29H26N6O14. The van der Waals surface area contributed by atoms with Gasteiger partial charge in [-0.2, -0.15) is 0 Å². The standard InChI is InChI=1S/C29H26N6O14/c1-14-2-3-16(34(10-22(36)37)11-23(38)39)19(6-14)46-4-5-47-20-7-15-18(8-17(20)35(12-24(40)41)13-25(42)43)48-27(26(15)32-33-30)28-31-9-21(49-28)29(44)45/h2-3,6-9H,4-5,10-13H2,1H3,(H,36,37)(H,38,39)(H,40,41)(H,42,43)(H,44,45). The fourth-order valence-electron chi connectivity index (χ4n) is 4.64. The average molecular weight is 683 g/mol. The van der Waals surface area contributed by atoms with Crippen LogP contribution in [0.2, 0.25) is 0 Å². The maximum absolute atomic E-state index is 11.7. The van der Waals surface area contributed by atoms with Crippen molar-refractivity contribution < 1.29 is 67.8 Å². The molecule has 2 heterocycles. The quantitative estimate of drug-likeness (QED) is 0.0434. The summed E-state index contributed by atoms with van der Waals surface area (Å²) in [7, 11) is 0. The molecule has 49 heavy (non-hydrogen) atoms. The number of hydrogen-bond acceptors (Lipinski definition) is 13. The second-order valence-electron chi connectivity index (χ2n) is 10.1. The number of carboxylic acids is 5. The first kappa shape index (κ1) is 34.9. The molecule has 0 saturated heterocycles. The zero-order valence-electron chi connectivity index (χ0n) is 25.3. The van der Waals surface area contributed by atoms with Gasteiger partial charge in [-0.15, -0.1) is 0 Å². The van der Waals surface area contributed by atoms with Gasteiger partial charge in [-0.05, 0) is 36.2 Å². The number of aromatic nitrogens is 1. The zero-order chi connectivity index (χ0) is 35.8. The second-order valence-corrected chi connectivity index (χ2v) is 10.1. The number of rotatable bonds is 18. The number of aromatic carboxylic acids is 1. The number of aryl methyl sites for hydroxylation is 1. The summed E-state index contributed by atoms with van der Waals surface area (Å²) < 4.78 is 22.7. The van der Waals surface area contributed by atoms with Crippen molar-refractivity contribution in [3.8, 4) is 23.1 Å². The highest BCUT2D eigenvalue weighted by atomic mass is 16.5. The Morgan fingerprint density at radius 3 is 1.88 bits per heavy atom. The van der Waals surface area contributed by atoms with Gasteiger partial charge in [0.2, 0.25) is 5.76 Å². The van der Waals surface area contributed by atoms with Gasteiger partial charge in [0.05, 0.1) is 23.3 Å². The summed E-state index contributed by atoms with van der Waals surface area (Å²) in [5.41, 5.74) is 9.79. The topological polar surface area (TPSA) is 299 Å². The molecule has 4 rings (SSSR count). The number of carboxylic acid groups (broad SMARTS) is 5. The lowest BCUT2D eigenvalue weighted by Gasteiger charge is -2.25. The fourth-order valence-corrected chi connectivity index (χ4v) is 4.64. The first-order chi connectivity index (χ1) is 23.3. The highest BCUT2D eigenvalue weighted by molar-refractivity contribution is 6.00. The number of benzene rings is 2. The van der Waals surface area contributed by atoms with Crippen LogP contribution in [0.3, 0.4) is 0 Å². The molecule has 0 bridgehead atoms. The highest BCUT2D eigenvalue weighted by Gasteiger charge is 2.26. The average Bonchev–Trinajstić information content (AvgIpc) is 3.63. The molecule has 20 heteroatoms. The number of anilines is 2. The highest BCUT2D eigenvalue weighted by Crippen LogP contribution is 2.44. The maximum atomic E-state index is 11.7. The zero-order valence-corrected chi connectivity index (χ0v) is 25.3. The lowest BCUT2D eigenvalue weighted by molar-refractivity contribution is -0.138. The van der Waals surface area contributed by atoms with Crippen molar-refractivity contribution in [2.75, 3.05) is 49.2 Å². The monoisotopic (exact) mass is 682 g/mol. The molecule has 20 nitrogen and oxygen atoms in total. The van der Waals surface area contributed by atoms with Crippen molar-refractivity contribution in [2.24, 2.45) is 5.11 Å². The molecule has 0 unspecified atom stereocenters. The number of aliphatic carboxylic acids is 4. The fraction of sp³-hybridized carbons (Fsp3) is 0.241. The van der Waals surface area contributed by atoms with Crippen molar-refractivity contribution in [1.29, 1.82) is 0 Å². The van der Waals surface area contributed by atoms with Gasteiger partial charge in [0.25, 0.3) is 5.89 Å². The predicted molar refractivity (Wildman–Crippen MR) is 165 cm³/mol. The third-order valence-corrected chi connectivity index (χ3v) is 6.50. The Kier molecular flexibility index (Phi) is 10.8. The Labute approximate surface area is 273 Å². The number of fused-ring (bicyclic) bond motifs is 1. The van der Waals surface area contributed by atoms with E-state index in [-0.39, 0.29) is 64.4 Å². The van der Waals surface area contributed by atoms with E-state index in [1.807, 2.05) is 0 Å². The first-order valence-corrected chi connectivity index (χ1v) is 13.9. The Morgan fingerprint density at radius 1 is 0.816 bits per heavy atom. The molecule has 0 spiro atoms. The van der Waals surface area contributed by atoms with Gasteiger partial charge in [-0.1, -0.05) is 11.2 Å². The molecule has 4 aromatic rings. The number of nitrogens with zero attached hydrogens (tertiary/aromatic N) is 6. The predicted octanol–water partition coefficient (Wildman–Crippen LogP) is 3.45. The van der Waals surface area contributed by atoms with Crippen molar-refractivity contribution in [2.45, 2.75) is 6.92 Å². The van der Waals surface area contributed by atoms with Gasteiger partial charge in [0.15, 0.2) is 5.76 Å². The summed E-state index contributed by atoms with van der Waals surface area (Å²) in [5.74, 6) is -7.93. The summed E-state index contributed by atoms with van der Waals surface area (Å²) in [5, 5.41) is 50.5. The number of furan rings is 1. The summed E-state index contributed by atoms with van der Waals surface area (Å²) in [6, 6.07) is 7.20. The molecule has 0 fully saturated rings. The van der Waals surface area contributed by atoms with Crippen molar-refractivity contribution in [1.82, 2.24) is 4.98 Å². The van der Waals surface area contributed by atoms with Crippen LogP contribution < -0.4 is 19.3 Å². The molecular weight excluding hydrogens is 656 g/mol. The van der Waals surface area contributed by atoms with Crippen LogP contribution in [-0.4, -0.2) is 99.8 Å². The van der Waals surface area contributed by atoms with E-state index in [0.717, 1.165) is 16.0 Å². The van der Waals surface area contributed by atoms with Gasteiger partial charge in [0, 0.05) is 16.4 Å². The van der Waals surface area contributed by atoms with Gasteiger partial charge in [0.1, 0.15) is 56.5 Å². The molecule has 0 aliphatic rings. The summed E-state index contributed by atoms with van der Waals surface area (Å²) in [4.78, 5) is 66.1. The van der Waals surface area contributed by atoms with E-state index in [1.165, 1.54) is 18.2 Å². The van der Waals surface area contributed by atoms with Gasteiger partial charge in [-0.25, -0.2) is 9.78 Å². The van der Waals surface area contributed by atoms with Crippen molar-refractivity contribution in [3.63, 3.8) is 0 Å². The molecule has 0 aliphatic heterocycles. The Bertz CT molecular complexity index is 1950. The lowest BCUT2D eigenvalue weighted by Crippen LogP contribution is -2.35. The van der Waals surface area contributed by atoms with E-state index in [1.54, 1.807) is 19.1 Å². The van der Waals surface area contributed by atoms with E-state index < -0.39 is 61.8 Å². The Balaban J connectivity index is 1.73. The minimum absolute atomic E-state index is 0.0618. The van der Waals surface area contributed by atoms with E-state index in [4.69, 9.17) is 18.3 Å². The molecule has 2 aromatic heterocycles. The maximum Gasteiger partial charge on any atom is 0.373 e. The van der Waals surface area contributed by atoms with E-state index in [2.05, 4.69) is 15.0 Å². The minimum Gasteiger partial charge on any atom is -0.488 e.